The Balaban J connectivity index is 1.23. The van der Waals surface area contributed by atoms with E-state index in [-0.39, 0.29) is 0 Å². The summed E-state index contributed by atoms with van der Waals surface area (Å²) in [7, 11) is 0. The topological polar surface area (TPSA) is 27.3 Å². The molecule has 25 heavy (non-hydrogen) atoms. The molecule has 3 heterocycles. The minimum absolute atomic E-state index is 0.679. The number of hydrogen-bond acceptors (Lipinski definition) is 3. The first kappa shape index (κ1) is 17.4. The average Bonchev–Trinajstić information content (AvgIpc) is 3.11. The van der Waals surface area contributed by atoms with E-state index in [4.69, 9.17) is 0 Å². The summed E-state index contributed by atoms with van der Waals surface area (Å²) in [6, 6.07) is 10.9. The quantitative estimate of drug-likeness (QED) is 0.742. The van der Waals surface area contributed by atoms with Crippen LogP contribution in [0.4, 0.5) is 5.69 Å². The van der Waals surface area contributed by atoms with Gasteiger partial charge in [0.2, 0.25) is 0 Å². The Morgan fingerprint density at radius 3 is 2.76 bits per heavy atom. The predicted octanol–water partition coefficient (Wildman–Crippen LogP) is 4.57. The molecular formula is C22H35N3. The van der Waals surface area contributed by atoms with Gasteiger partial charge in [-0.25, -0.2) is 0 Å². The van der Waals surface area contributed by atoms with Crippen molar-refractivity contribution in [3.05, 3.63) is 29.8 Å². The van der Waals surface area contributed by atoms with Gasteiger partial charge in [0.1, 0.15) is 0 Å². The lowest BCUT2D eigenvalue weighted by Crippen LogP contribution is -2.35. The van der Waals surface area contributed by atoms with Crippen LogP contribution in [0.15, 0.2) is 24.3 Å². The van der Waals surface area contributed by atoms with E-state index in [1.165, 1.54) is 88.7 Å². The third-order valence-electron chi connectivity index (χ3n) is 6.66. The number of benzene rings is 1. The van der Waals surface area contributed by atoms with Gasteiger partial charge in [-0.05, 0) is 94.6 Å². The van der Waals surface area contributed by atoms with E-state index in [2.05, 4.69) is 39.8 Å². The zero-order valence-corrected chi connectivity index (χ0v) is 15.7. The van der Waals surface area contributed by atoms with Gasteiger partial charge in [-0.3, -0.25) is 4.90 Å². The van der Waals surface area contributed by atoms with Gasteiger partial charge < -0.3 is 10.6 Å². The minimum Gasteiger partial charge on any atom is -0.385 e. The van der Waals surface area contributed by atoms with Crippen molar-refractivity contribution in [2.75, 3.05) is 31.5 Å². The fraction of sp³-hybridized carbons (Fsp3) is 0.727. The van der Waals surface area contributed by atoms with E-state index in [0.717, 1.165) is 18.5 Å². The molecule has 4 rings (SSSR count). The molecule has 3 nitrogen and oxygen atoms in total. The molecule has 3 aliphatic rings. The first-order valence-electron chi connectivity index (χ1n) is 10.7. The Labute approximate surface area is 153 Å². The van der Waals surface area contributed by atoms with E-state index < -0.39 is 0 Å². The van der Waals surface area contributed by atoms with Crippen LogP contribution in [0.3, 0.4) is 0 Å². The fourth-order valence-electron chi connectivity index (χ4n) is 5.23. The van der Waals surface area contributed by atoms with Gasteiger partial charge in [-0.2, -0.15) is 0 Å². The molecule has 3 heteroatoms. The van der Waals surface area contributed by atoms with Crippen molar-refractivity contribution < 1.29 is 0 Å². The highest BCUT2D eigenvalue weighted by Gasteiger charge is 2.35. The van der Waals surface area contributed by atoms with E-state index in [1.54, 1.807) is 0 Å². The molecular weight excluding hydrogens is 306 g/mol. The summed E-state index contributed by atoms with van der Waals surface area (Å²) in [5, 5.41) is 7.15. The van der Waals surface area contributed by atoms with E-state index >= 15 is 0 Å². The third kappa shape index (κ3) is 4.38. The number of rotatable bonds is 6. The molecule has 0 amide bonds. The van der Waals surface area contributed by atoms with E-state index in [9.17, 15) is 0 Å². The Kier molecular flexibility index (Phi) is 5.94. The summed E-state index contributed by atoms with van der Waals surface area (Å²) in [6.45, 7) is 4.87. The number of fused-ring (bicyclic) bond motifs is 1. The van der Waals surface area contributed by atoms with Crippen molar-refractivity contribution in [1.82, 2.24) is 10.2 Å². The molecule has 138 valence electrons. The highest BCUT2D eigenvalue weighted by Crippen LogP contribution is 2.40. The monoisotopic (exact) mass is 341 g/mol. The van der Waals surface area contributed by atoms with Crippen molar-refractivity contribution in [3.8, 4) is 0 Å². The molecule has 2 N–H and O–H groups in total. The zero-order chi connectivity index (χ0) is 16.9. The zero-order valence-electron chi connectivity index (χ0n) is 15.7. The van der Waals surface area contributed by atoms with E-state index in [0.29, 0.717) is 6.04 Å². The summed E-state index contributed by atoms with van der Waals surface area (Å²) >= 11 is 0. The van der Waals surface area contributed by atoms with Gasteiger partial charge in [-0.15, -0.1) is 0 Å². The van der Waals surface area contributed by atoms with Crippen LogP contribution in [0.5, 0.6) is 0 Å². The summed E-state index contributed by atoms with van der Waals surface area (Å²) in [6.07, 6.45) is 12.4. The Hall–Kier alpha value is -1.06. The van der Waals surface area contributed by atoms with Gasteiger partial charge in [-0.1, -0.05) is 18.6 Å². The summed E-state index contributed by atoms with van der Waals surface area (Å²) in [5.41, 5.74) is 2.82. The lowest BCUT2D eigenvalue weighted by molar-refractivity contribution is 0.150. The third-order valence-corrected chi connectivity index (χ3v) is 6.66. The first-order chi connectivity index (χ1) is 12.4. The average molecular weight is 342 g/mol. The van der Waals surface area contributed by atoms with Crippen LogP contribution in [0.25, 0.3) is 0 Å². The smallest absolute Gasteiger partial charge is 0.0351 e. The van der Waals surface area contributed by atoms with Crippen LogP contribution in [-0.4, -0.2) is 37.1 Å². The van der Waals surface area contributed by atoms with Crippen molar-refractivity contribution >= 4 is 5.69 Å². The number of hydrogen-bond donors (Lipinski definition) is 2. The molecule has 1 aromatic carbocycles. The summed E-state index contributed by atoms with van der Waals surface area (Å²) < 4.78 is 0. The van der Waals surface area contributed by atoms with Gasteiger partial charge in [0.25, 0.3) is 0 Å². The van der Waals surface area contributed by atoms with Gasteiger partial charge in [0.15, 0.2) is 0 Å². The van der Waals surface area contributed by atoms with Gasteiger partial charge in [0, 0.05) is 24.3 Å². The number of anilines is 1. The molecule has 0 spiro atoms. The molecule has 3 atom stereocenters. The fourth-order valence-corrected chi connectivity index (χ4v) is 5.23. The molecule has 0 aromatic heterocycles. The first-order valence-corrected chi connectivity index (χ1v) is 10.7. The number of nitrogens with zero attached hydrogens (tertiary/aromatic N) is 1. The maximum atomic E-state index is 3.62. The van der Waals surface area contributed by atoms with Crippen LogP contribution in [0, 0.1) is 5.92 Å². The minimum atomic E-state index is 0.679. The number of piperidine rings is 2. The Morgan fingerprint density at radius 1 is 1.00 bits per heavy atom. The van der Waals surface area contributed by atoms with Crippen molar-refractivity contribution in [2.24, 2.45) is 5.92 Å². The summed E-state index contributed by atoms with van der Waals surface area (Å²) in [5.74, 6) is 0.901. The second-order valence-electron chi connectivity index (χ2n) is 8.38. The second kappa shape index (κ2) is 8.55. The molecule has 3 aliphatic heterocycles. The van der Waals surface area contributed by atoms with Crippen LogP contribution in [0.2, 0.25) is 0 Å². The van der Waals surface area contributed by atoms with Crippen LogP contribution < -0.4 is 10.6 Å². The van der Waals surface area contributed by atoms with Crippen LogP contribution >= 0.6 is 0 Å². The normalized spacial score (nSPS) is 30.2. The molecule has 0 saturated carbocycles. The molecule has 1 unspecified atom stereocenters. The molecule has 1 aromatic rings. The second-order valence-corrected chi connectivity index (χ2v) is 8.38. The van der Waals surface area contributed by atoms with Gasteiger partial charge in [0.05, 0.1) is 0 Å². The van der Waals surface area contributed by atoms with Crippen molar-refractivity contribution in [3.63, 3.8) is 0 Å². The molecule has 3 fully saturated rings. The Bertz CT molecular complexity index is 521. The Morgan fingerprint density at radius 2 is 1.92 bits per heavy atom. The highest BCUT2D eigenvalue weighted by atomic mass is 15.2. The summed E-state index contributed by atoms with van der Waals surface area (Å²) in [4.78, 5) is 2.78. The highest BCUT2D eigenvalue weighted by molar-refractivity contribution is 5.45. The lowest BCUT2D eigenvalue weighted by Gasteiger charge is -2.34. The van der Waals surface area contributed by atoms with Gasteiger partial charge >= 0.3 is 0 Å². The standard InChI is InChI=1S/C22H35N3/c1-2-16-25-21(7-1)12-13-22(25)19-8-10-20(11-9-19)24-15-4-6-18-5-3-14-23-17-18/h8-11,18,21-24H,1-7,12-17H2/t18?,21-,22+/m1/s1. The van der Waals surface area contributed by atoms with E-state index in [1.807, 2.05) is 0 Å². The molecule has 0 aliphatic carbocycles. The maximum Gasteiger partial charge on any atom is 0.0351 e. The van der Waals surface area contributed by atoms with Crippen LogP contribution in [-0.2, 0) is 0 Å². The maximum absolute atomic E-state index is 3.62. The van der Waals surface area contributed by atoms with Crippen molar-refractivity contribution in [2.45, 2.75) is 69.9 Å². The van der Waals surface area contributed by atoms with Crippen LogP contribution in [0.1, 0.15) is 69.4 Å². The predicted molar refractivity (Wildman–Crippen MR) is 106 cm³/mol. The van der Waals surface area contributed by atoms with Crippen molar-refractivity contribution in [1.29, 1.82) is 0 Å². The SMILES string of the molecule is c1cc([C@@H]2CC[C@H]3CCCCN32)ccc1NCCCC1CCCNC1. The molecule has 0 bridgehead atoms. The molecule has 3 saturated heterocycles. The molecule has 0 radical (unpaired) electrons. The largest absolute Gasteiger partial charge is 0.385 e. The number of nitrogens with one attached hydrogen (secondary N) is 2. The lowest BCUT2D eigenvalue weighted by atomic mass is 9.95.